The van der Waals surface area contributed by atoms with Crippen molar-refractivity contribution in [3.8, 4) is 0 Å². The molecule has 1 aromatic carbocycles. The maximum absolute atomic E-state index is 12.4. The number of amides is 1. The molecule has 19 heavy (non-hydrogen) atoms. The lowest BCUT2D eigenvalue weighted by molar-refractivity contribution is -0.385. The normalized spacial score (nSPS) is 16.4. The van der Waals surface area contributed by atoms with E-state index in [1.54, 1.807) is 4.90 Å². The highest BCUT2D eigenvalue weighted by Gasteiger charge is 2.29. The summed E-state index contributed by atoms with van der Waals surface area (Å²) in [5.74, 6) is -0.364. The van der Waals surface area contributed by atoms with Gasteiger partial charge in [0.15, 0.2) is 0 Å². The van der Waals surface area contributed by atoms with Crippen LogP contribution in [0, 0.1) is 10.1 Å². The first kappa shape index (κ1) is 14.3. The Hall–Kier alpha value is -1.14. The van der Waals surface area contributed by atoms with Crippen LogP contribution in [0.25, 0.3) is 0 Å². The van der Waals surface area contributed by atoms with Crippen LogP contribution in [0.15, 0.2) is 18.2 Å². The molecule has 1 heterocycles. The fourth-order valence-corrected chi connectivity index (χ4v) is 2.75. The molecule has 1 aliphatic rings. The van der Waals surface area contributed by atoms with Crippen molar-refractivity contribution in [1.29, 1.82) is 0 Å². The second kappa shape index (κ2) is 5.88. The number of halogens is 2. The van der Waals surface area contributed by atoms with Gasteiger partial charge in [0.1, 0.15) is 5.56 Å². The molecule has 0 bridgehead atoms. The van der Waals surface area contributed by atoms with Crippen molar-refractivity contribution in [3.05, 3.63) is 38.9 Å². The fraction of sp³-hybridized carbons (Fsp3) is 0.417. The van der Waals surface area contributed by atoms with E-state index in [2.05, 4.69) is 15.9 Å². The topological polar surface area (TPSA) is 63.4 Å². The number of hydrogen-bond acceptors (Lipinski definition) is 3. The zero-order valence-corrected chi connectivity index (χ0v) is 12.4. The maximum Gasteiger partial charge on any atom is 0.283 e. The van der Waals surface area contributed by atoms with Gasteiger partial charge in [-0.15, -0.1) is 0 Å². The number of benzene rings is 1. The highest BCUT2D eigenvalue weighted by Crippen LogP contribution is 2.29. The molecule has 0 saturated carbocycles. The van der Waals surface area contributed by atoms with Crippen molar-refractivity contribution in [3.63, 3.8) is 0 Å². The number of carbonyl (C=O) groups is 1. The van der Waals surface area contributed by atoms with E-state index in [-0.39, 0.29) is 22.2 Å². The van der Waals surface area contributed by atoms with Gasteiger partial charge in [0.05, 0.1) is 9.95 Å². The molecule has 0 radical (unpaired) electrons. The zero-order valence-electron chi connectivity index (χ0n) is 10.0. The molecule has 0 atom stereocenters. The van der Waals surface area contributed by atoms with Gasteiger partial charge in [-0.25, -0.2) is 0 Å². The van der Waals surface area contributed by atoms with E-state index in [1.165, 1.54) is 18.2 Å². The van der Waals surface area contributed by atoms with E-state index in [1.807, 2.05) is 0 Å². The van der Waals surface area contributed by atoms with Crippen LogP contribution in [-0.4, -0.2) is 33.6 Å². The number of hydrogen-bond donors (Lipinski definition) is 0. The van der Waals surface area contributed by atoms with Crippen LogP contribution in [0.5, 0.6) is 0 Å². The standard InChI is InChI=1S/C12H12BrClN2O3/c13-8-4-6-15(7-5-8)12(17)11-9(14)2-1-3-10(11)16(18)19/h1-3,8H,4-7H2. The fourth-order valence-electron chi connectivity index (χ4n) is 2.09. The van der Waals surface area contributed by atoms with Gasteiger partial charge in [-0.05, 0) is 18.9 Å². The van der Waals surface area contributed by atoms with E-state index in [0.29, 0.717) is 17.9 Å². The van der Waals surface area contributed by atoms with Gasteiger partial charge in [-0.2, -0.15) is 0 Å². The predicted molar refractivity (Wildman–Crippen MR) is 76.0 cm³/mol. The Labute approximate surface area is 123 Å². The summed E-state index contributed by atoms with van der Waals surface area (Å²) in [4.78, 5) is 24.8. The lowest BCUT2D eigenvalue weighted by atomic mass is 10.1. The van der Waals surface area contributed by atoms with Gasteiger partial charge >= 0.3 is 0 Å². The van der Waals surface area contributed by atoms with Crippen LogP contribution >= 0.6 is 27.5 Å². The molecular weight excluding hydrogens is 336 g/mol. The number of piperidine rings is 1. The largest absolute Gasteiger partial charge is 0.338 e. The summed E-state index contributed by atoms with van der Waals surface area (Å²) in [6.45, 7) is 1.16. The van der Waals surface area contributed by atoms with Gasteiger partial charge < -0.3 is 4.90 Å². The number of alkyl halides is 1. The molecule has 2 rings (SSSR count). The number of rotatable bonds is 2. The highest BCUT2D eigenvalue weighted by molar-refractivity contribution is 9.09. The maximum atomic E-state index is 12.4. The molecular formula is C12H12BrClN2O3. The zero-order chi connectivity index (χ0) is 14.0. The first-order valence-corrected chi connectivity index (χ1v) is 7.16. The smallest absolute Gasteiger partial charge is 0.283 e. The number of nitrogens with zero attached hydrogens (tertiary/aromatic N) is 2. The molecule has 0 unspecified atom stereocenters. The lowest BCUT2D eigenvalue weighted by Crippen LogP contribution is -2.39. The molecule has 0 N–H and O–H groups in total. The van der Waals surface area contributed by atoms with Crippen LogP contribution < -0.4 is 0 Å². The molecule has 1 fully saturated rings. The number of carbonyl (C=O) groups excluding carboxylic acids is 1. The van der Waals surface area contributed by atoms with Crippen molar-refractivity contribution in [1.82, 2.24) is 4.90 Å². The number of likely N-dealkylation sites (tertiary alicyclic amines) is 1. The van der Waals surface area contributed by atoms with Gasteiger partial charge in [-0.1, -0.05) is 33.6 Å². The molecule has 0 aliphatic carbocycles. The summed E-state index contributed by atoms with van der Waals surface area (Å²) in [5.41, 5.74) is -0.249. The molecule has 1 amide bonds. The quantitative estimate of drug-likeness (QED) is 0.469. The molecule has 0 aromatic heterocycles. The average molecular weight is 348 g/mol. The molecule has 102 valence electrons. The van der Waals surface area contributed by atoms with E-state index in [9.17, 15) is 14.9 Å². The van der Waals surface area contributed by atoms with Crippen molar-refractivity contribution in [2.75, 3.05) is 13.1 Å². The minimum atomic E-state index is -0.573. The summed E-state index contributed by atoms with van der Waals surface area (Å²) in [6, 6.07) is 4.28. The van der Waals surface area contributed by atoms with E-state index in [0.717, 1.165) is 12.8 Å². The van der Waals surface area contributed by atoms with Crippen LogP contribution in [0.2, 0.25) is 5.02 Å². The minimum absolute atomic E-state index is 0.0119. The summed E-state index contributed by atoms with van der Waals surface area (Å²) >= 11 is 9.46. The Balaban J connectivity index is 2.31. The molecule has 1 aliphatic heterocycles. The van der Waals surface area contributed by atoms with Crippen molar-refractivity contribution < 1.29 is 9.72 Å². The second-order valence-electron chi connectivity index (χ2n) is 4.36. The summed E-state index contributed by atoms with van der Waals surface area (Å²) in [6.07, 6.45) is 1.67. The predicted octanol–water partition coefficient (Wildman–Crippen LogP) is 3.25. The SMILES string of the molecule is O=C(c1c(Cl)cccc1[N+](=O)[O-])N1CCC(Br)CC1. The van der Waals surface area contributed by atoms with Crippen molar-refractivity contribution in [2.24, 2.45) is 0 Å². The number of nitro groups is 1. The third-order valence-electron chi connectivity index (χ3n) is 3.11. The molecule has 5 nitrogen and oxygen atoms in total. The second-order valence-corrected chi connectivity index (χ2v) is 6.06. The Morgan fingerprint density at radius 3 is 2.63 bits per heavy atom. The van der Waals surface area contributed by atoms with Crippen molar-refractivity contribution >= 4 is 39.1 Å². The Kier molecular flexibility index (Phi) is 4.42. The van der Waals surface area contributed by atoms with Crippen LogP contribution in [0.4, 0.5) is 5.69 Å². The minimum Gasteiger partial charge on any atom is -0.338 e. The lowest BCUT2D eigenvalue weighted by Gasteiger charge is -2.29. The van der Waals surface area contributed by atoms with Crippen molar-refractivity contribution in [2.45, 2.75) is 17.7 Å². The van der Waals surface area contributed by atoms with E-state index < -0.39 is 4.92 Å². The monoisotopic (exact) mass is 346 g/mol. The van der Waals surface area contributed by atoms with E-state index in [4.69, 9.17) is 11.6 Å². The average Bonchev–Trinajstić information content (AvgIpc) is 2.38. The first-order valence-electron chi connectivity index (χ1n) is 5.87. The Morgan fingerprint density at radius 2 is 2.05 bits per heavy atom. The van der Waals surface area contributed by atoms with Gasteiger partial charge in [0, 0.05) is 24.0 Å². The molecule has 1 aromatic rings. The molecule has 7 heteroatoms. The molecule has 0 spiro atoms. The van der Waals surface area contributed by atoms with Crippen LogP contribution in [-0.2, 0) is 0 Å². The van der Waals surface area contributed by atoms with E-state index >= 15 is 0 Å². The van der Waals surface area contributed by atoms with Gasteiger partial charge in [-0.3, -0.25) is 14.9 Å². The third-order valence-corrected chi connectivity index (χ3v) is 4.34. The van der Waals surface area contributed by atoms with Crippen LogP contribution in [0.1, 0.15) is 23.2 Å². The van der Waals surface area contributed by atoms with Gasteiger partial charge in [0.25, 0.3) is 11.6 Å². The highest BCUT2D eigenvalue weighted by atomic mass is 79.9. The molecule has 1 saturated heterocycles. The summed E-state index contributed by atoms with van der Waals surface area (Å²) in [7, 11) is 0. The Morgan fingerprint density at radius 1 is 1.42 bits per heavy atom. The number of nitro benzene ring substituents is 1. The summed E-state index contributed by atoms with van der Waals surface area (Å²) < 4.78 is 0. The van der Waals surface area contributed by atoms with Crippen LogP contribution in [0.3, 0.4) is 0 Å². The summed E-state index contributed by atoms with van der Waals surface area (Å²) in [5, 5.41) is 11.1. The Bertz CT molecular complexity index is 516. The first-order chi connectivity index (χ1) is 9.00. The third kappa shape index (κ3) is 3.06. The van der Waals surface area contributed by atoms with Gasteiger partial charge in [0.2, 0.25) is 0 Å².